The molecule has 24 heavy (non-hydrogen) atoms. The Morgan fingerprint density at radius 1 is 1.04 bits per heavy atom. The Morgan fingerprint density at radius 2 is 1.67 bits per heavy atom. The summed E-state index contributed by atoms with van der Waals surface area (Å²) in [5, 5.41) is 10.0. The zero-order valence-electron chi connectivity index (χ0n) is 12.8. The van der Waals surface area contributed by atoms with Crippen LogP contribution in [-0.2, 0) is 4.79 Å². The number of anilines is 1. The van der Waals surface area contributed by atoms with Crippen LogP contribution in [-0.4, -0.2) is 33.1 Å². The van der Waals surface area contributed by atoms with Gasteiger partial charge in [0.1, 0.15) is 0 Å². The summed E-state index contributed by atoms with van der Waals surface area (Å²) in [6.07, 6.45) is 0. The van der Waals surface area contributed by atoms with Gasteiger partial charge in [0.05, 0.1) is 0 Å². The van der Waals surface area contributed by atoms with Gasteiger partial charge >= 0.3 is 146 Å². The Labute approximate surface area is 146 Å². The standard InChI is InChI=1S/C19H14N2O2Se/c20-11-17(18(23)14-7-3-1-4-8-14)19-21(12-16(22)13-24-19)15-9-5-2-6-10-15/h1-10H,12-13H2/b19-17-. The molecule has 0 spiro atoms. The first-order valence-corrected chi connectivity index (χ1v) is 9.48. The Bertz CT molecular complexity index is 839. The number of para-hydroxylation sites is 1. The first-order chi connectivity index (χ1) is 11.7. The van der Waals surface area contributed by atoms with Gasteiger partial charge < -0.3 is 0 Å². The molecule has 0 atom stereocenters. The van der Waals surface area contributed by atoms with E-state index in [2.05, 4.69) is 6.07 Å². The molecular formula is C19H14N2O2Se. The van der Waals surface area contributed by atoms with Crippen molar-refractivity contribution >= 4 is 32.2 Å². The Balaban J connectivity index is 2.07. The van der Waals surface area contributed by atoms with Crippen LogP contribution in [0, 0.1) is 11.3 Å². The van der Waals surface area contributed by atoms with Crippen LogP contribution in [0.1, 0.15) is 10.4 Å². The predicted molar refractivity (Wildman–Crippen MR) is 92.8 cm³/mol. The molecule has 2 aromatic carbocycles. The summed E-state index contributed by atoms with van der Waals surface area (Å²) >= 11 is -0.235. The molecule has 0 radical (unpaired) electrons. The molecule has 0 aliphatic carbocycles. The van der Waals surface area contributed by atoms with Gasteiger partial charge in [-0.1, -0.05) is 0 Å². The topological polar surface area (TPSA) is 61.2 Å². The first-order valence-electron chi connectivity index (χ1n) is 7.42. The van der Waals surface area contributed by atoms with Crippen molar-refractivity contribution in [2.45, 2.75) is 5.32 Å². The van der Waals surface area contributed by atoms with Crippen LogP contribution in [0.4, 0.5) is 5.69 Å². The Hall–Kier alpha value is -2.67. The van der Waals surface area contributed by atoms with E-state index < -0.39 is 0 Å². The molecule has 4 nitrogen and oxygen atoms in total. The molecule has 1 aliphatic heterocycles. The van der Waals surface area contributed by atoms with E-state index in [0.717, 1.165) is 5.69 Å². The second kappa shape index (κ2) is 7.27. The van der Waals surface area contributed by atoms with Crippen molar-refractivity contribution in [3.63, 3.8) is 0 Å². The normalized spacial score (nSPS) is 16.5. The predicted octanol–water partition coefficient (Wildman–Crippen LogP) is 2.82. The number of benzene rings is 2. The average Bonchev–Trinajstić information content (AvgIpc) is 2.64. The fourth-order valence-corrected chi connectivity index (χ4v) is 4.57. The molecule has 0 bridgehead atoms. The van der Waals surface area contributed by atoms with Gasteiger partial charge in [-0.2, -0.15) is 0 Å². The molecule has 1 saturated heterocycles. The molecular weight excluding hydrogens is 367 g/mol. The van der Waals surface area contributed by atoms with Crippen molar-refractivity contribution in [1.82, 2.24) is 0 Å². The number of carbonyl (C=O) groups excluding carboxylic acids is 2. The van der Waals surface area contributed by atoms with Crippen molar-refractivity contribution in [2.24, 2.45) is 0 Å². The zero-order valence-corrected chi connectivity index (χ0v) is 14.5. The van der Waals surface area contributed by atoms with E-state index in [-0.39, 0.29) is 38.6 Å². The molecule has 1 fully saturated rings. The van der Waals surface area contributed by atoms with Crippen LogP contribution in [0.15, 0.2) is 70.8 Å². The van der Waals surface area contributed by atoms with Crippen LogP contribution < -0.4 is 4.90 Å². The third kappa shape index (κ3) is 3.30. The summed E-state index contributed by atoms with van der Waals surface area (Å²) in [7, 11) is 0. The minimum atomic E-state index is -0.287. The summed E-state index contributed by atoms with van der Waals surface area (Å²) in [6.45, 7) is 0.203. The van der Waals surface area contributed by atoms with Crippen LogP contribution in [0.2, 0.25) is 5.32 Å². The van der Waals surface area contributed by atoms with E-state index in [4.69, 9.17) is 0 Å². The van der Waals surface area contributed by atoms with Crippen molar-refractivity contribution in [3.05, 3.63) is 76.4 Å². The van der Waals surface area contributed by atoms with Crippen LogP contribution in [0.5, 0.6) is 0 Å². The summed E-state index contributed by atoms with van der Waals surface area (Å²) < 4.78 is 0.685. The molecule has 0 saturated carbocycles. The number of carbonyl (C=O) groups is 2. The van der Waals surface area contributed by atoms with Crippen LogP contribution in [0.25, 0.3) is 0 Å². The zero-order chi connectivity index (χ0) is 16.9. The van der Waals surface area contributed by atoms with E-state index in [1.54, 1.807) is 24.3 Å². The average molecular weight is 381 g/mol. The maximum absolute atomic E-state index is 12.8. The molecule has 118 valence electrons. The van der Waals surface area contributed by atoms with Crippen molar-refractivity contribution in [2.75, 3.05) is 11.4 Å². The van der Waals surface area contributed by atoms with E-state index >= 15 is 0 Å². The number of hydrogen-bond acceptors (Lipinski definition) is 4. The van der Waals surface area contributed by atoms with Crippen LogP contribution in [0.3, 0.4) is 0 Å². The van der Waals surface area contributed by atoms with Crippen molar-refractivity contribution in [3.8, 4) is 6.07 Å². The van der Waals surface area contributed by atoms with Crippen molar-refractivity contribution in [1.29, 1.82) is 5.26 Å². The Morgan fingerprint density at radius 3 is 2.29 bits per heavy atom. The fourth-order valence-electron chi connectivity index (χ4n) is 2.47. The second-order valence-corrected chi connectivity index (χ2v) is 7.26. The molecule has 5 heteroatoms. The summed E-state index contributed by atoms with van der Waals surface area (Å²) in [5.74, 6) is -0.155. The molecule has 0 unspecified atom stereocenters. The quantitative estimate of drug-likeness (QED) is 0.355. The molecule has 2 aromatic rings. The monoisotopic (exact) mass is 382 g/mol. The Kier molecular flexibility index (Phi) is 4.90. The van der Waals surface area contributed by atoms with E-state index in [0.29, 0.717) is 15.5 Å². The molecule has 1 heterocycles. The number of nitrogens with zero attached hydrogens (tertiary/aromatic N) is 2. The number of allylic oxidation sites excluding steroid dienone is 1. The van der Waals surface area contributed by atoms with Crippen molar-refractivity contribution < 1.29 is 9.59 Å². The number of rotatable bonds is 3. The van der Waals surface area contributed by atoms with Gasteiger partial charge in [-0.15, -0.1) is 0 Å². The number of Topliss-reactive ketones (excluding diaryl/α,β-unsaturated/α-hetero) is 2. The molecule has 1 aliphatic rings. The van der Waals surface area contributed by atoms with E-state index in [1.165, 1.54) is 0 Å². The molecule has 3 rings (SSSR count). The summed E-state index contributed by atoms with van der Waals surface area (Å²) in [5.41, 5.74) is 1.45. The third-order valence-corrected chi connectivity index (χ3v) is 6.05. The maximum atomic E-state index is 12.8. The van der Waals surface area contributed by atoms with Gasteiger partial charge in [-0.3, -0.25) is 0 Å². The van der Waals surface area contributed by atoms with Gasteiger partial charge in [-0.25, -0.2) is 0 Å². The van der Waals surface area contributed by atoms with E-state index in [9.17, 15) is 14.9 Å². The van der Waals surface area contributed by atoms with Gasteiger partial charge in [0.2, 0.25) is 0 Å². The van der Waals surface area contributed by atoms with Gasteiger partial charge in [-0.05, 0) is 0 Å². The van der Waals surface area contributed by atoms with Crippen LogP contribution >= 0.6 is 0 Å². The number of ketones is 2. The first kappa shape index (κ1) is 16.2. The van der Waals surface area contributed by atoms with Gasteiger partial charge in [0.25, 0.3) is 0 Å². The minimum absolute atomic E-state index is 0.132. The summed E-state index contributed by atoms with van der Waals surface area (Å²) in [6, 6.07) is 20.3. The fraction of sp³-hybridized carbons (Fsp3) is 0.105. The summed E-state index contributed by atoms with van der Waals surface area (Å²) in [4.78, 5) is 26.5. The van der Waals surface area contributed by atoms with E-state index in [1.807, 2.05) is 41.3 Å². The number of hydrogen-bond donors (Lipinski definition) is 0. The molecule has 0 aromatic heterocycles. The van der Waals surface area contributed by atoms with Gasteiger partial charge in [0.15, 0.2) is 0 Å². The third-order valence-electron chi connectivity index (χ3n) is 3.61. The molecule has 0 N–H and O–H groups in total. The number of nitriles is 1. The molecule has 0 amide bonds. The van der Waals surface area contributed by atoms with Gasteiger partial charge in [0, 0.05) is 0 Å². The SMILES string of the molecule is N#C/C(C(=O)c1ccccc1)=C1/[Se]CC(=O)CN1c1ccccc1. The second-order valence-electron chi connectivity index (χ2n) is 5.24.